The molecule has 3 rings (SSSR count). The second-order valence-electron chi connectivity index (χ2n) is 7.61. The number of carbonyl (C=O) groups excluding carboxylic acids is 3. The number of alkyl halides is 3. The van der Waals surface area contributed by atoms with Crippen LogP contribution in [0.3, 0.4) is 0 Å². The molecule has 10 nitrogen and oxygen atoms in total. The van der Waals surface area contributed by atoms with E-state index >= 15 is 0 Å². The number of benzene rings is 1. The van der Waals surface area contributed by atoms with Gasteiger partial charge in [-0.25, -0.2) is 12.8 Å². The Morgan fingerprint density at radius 2 is 1.94 bits per heavy atom. The maximum absolute atomic E-state index is 13.5. The fraction of sp³-hybridized carbons (Fsp3) is 0.526. The number of carbonyl (C=O) groups is 3. The lowest BCUT2D eigenvalue weighted by molar-refractivity contribution is -0.137. The first-order chi connectivity index (χ1) is 15.5. The van der Waals surface area contributed by atoms with Gasteiger partial charge in [-0.05, 0) is 31.4 Å². The number of anilines is 1. The van der Waals surface area contributed by atoms with Gasteiger partial charge in [0.25, 0.3) is 5.91 Å². The van der Waals surface area contributed by atoms with E-state index in [4.69, 9.17) is 5.73 Å². The molecular weight excluding hydrogens is 469 g/mol. The fourth-order valence-corrected chi connectivity index (χ4v) is 5.05. The highest BCUT2D eigenvalue weighted by atomic mass is 32.2. The van der Waals surface area contributed by atoms with Gasteiger partial charge in [-0.1, -0.05) is 6.07 Å². The van der Waals surface area contributed by atoms with Gasteiger partial charge in [0, 0.05) is 19.5 Å². The lowest BCUT2D eigenvalue weighted by atomic mass is 10.1. The first-order valence-corrected chi connectivity index (χ1v) is 11.6. The number of nitrogens with one attached hydrogen (secondary N) is 1. The second-order valence-corrected chi connectivity index (χ2v) is 9.29. The third-order valence-electron chi connectivity index (χ3n) is 5.32. The summed E-state index contributed by atoms with van der Waals surface area (Å²) < 4.78 is 72.2. The Hall–Kier alpha value is -2.87. The van der Waals surface area contributed by atoms with Crippen LogP contribution < -0.4 is 20.1 Å². The molecule has 0 saturated carbocycles. The lowest BCUT2D eigenvalue weighted by Gasteiger charge is -2.29. The zero-order chi connectivity index (χ0) is 24.3. The van der Waals surface area contributed by atoms with Gasteiger partial charge >= 0.3 is 6.61 Å². The minimum atomic E-state index is -4.84. The first-order valence-electron chi connectivity index (χ1n) is 10.1. The van der Waals surface area contributed by atoms with Crippen molar-refractivity contribution in [3.63, 3.8) is 0 Å². The summed E-state index contributed by atoms with van der Waals surface area (Å²) in [5, 5.41) is 0. The van der Waals surface area contributed by atoms with Crippen LogP contribution in [0.5, 0.6) is 5.75 Å². The van der Waals surface area contributed by atoms with Crippen LogP contribution in [0.4, 0.5) is 18.9 Å². The molecule has 0 radical (unpaired) electrons. The number of hydrogen-bond donors (Lipinski definition) is 2. The van der Waals surface area contributed by atoms with Crippen molar-refractivity contribution in [2.45, 2.75) is 49.4 Å². The number of halogens is 3. The SMILES string of the molecule is NC(=O)[C@H](NS(=O)(=O)c1cccc(N2CCCCC2=O)c1OC(F)F)C(=O)N1CC[C@H](F)C1. The standard InChI is InChI=1S/C19H23F3N4O6S/c20-11-7-9-25(10-11)18(29)15(17(23)28)24-33(30,31)13-5-3-4-12(16(13)32-19(21)22)26-8-2-1-6-14(26)27/h3-5,11,15,19,24H,1-2,6-10H2,(H2,23,28)/t11-,15-/m0/s1. The molecule has 1 aromatic rings. The van der Waals surface area contributed by atoms with Crippen molar-refractivity contribution in [3.8, 4) is 5.75 Å². The van der Waals surface area contributed by atoms with Crippen LogP contribution in [0, 0.1) is 0 Å². The molecule has 0 spiro atoms. The van der Waals surface area contributed by atoms with E-state index in [-0.39, 0.29) is 38.2 Å². The smallest absolute Gasteiger partial charge is 0.387 e. The van der Waals surface area contributed by atoms with E-state index in [1.807, 2.05) is 4.72 Å². The number of primary amides is 1. The first kappa shape index (κ1) is 24.8. The van der Waals surface area contributed by atoms with Crippen LogP contribution in [0.15, 0.2) is 23.1 Å². The molecule has 0 unspecified atom stereocenters. The highest BCUT2D eigenvalue weighted by Gasteiger charge is 2.38. The van der Waals surface area contributed by atoms with Gasteiger partial charge < -0.3 is 20.3 Å². The second kappa shape index (κ2) is 9.95. The van der Waals surface area contributed by atoms with Crippen molar-refractivity contribution < 1.29 is 40.7 Å². The highest BCUT2D eigenvalue weighted by Crippen LogP contribution is 2.38. The number of para-hydroxylation sites is 1. The van der Waals surface area contributed by atoms with Crippen LogP contribution in [0.25, 0.3) is 0 Å². The molecule has 0 aliphatic carbocycles. The van der Waals surface area contributed by atoms with Gasteiger partial charge in [0.1, 0.15) is 11.1 Å². The van der Waals surface area contributed by atoms with Gasteiger partial charge in [0.2, 0.25) is 21.8 Å². The summed E-state index contributed by atoms with van der Waals surface area (Å²) in [6.07, 6.45) is -0.00379. The number of rotatable bonds is 8. The minimum absolute atomic E-state index is 0.0161. The summed E-state index contributed by atoms with van der Waals surface area (Å²) in [7, 11) is -4.84. The summed E-state index contributed by atoms with van der Waals surface area (Å²) >= 11 is 0. The molecule has 2 aliphatic heterocycles. The average Bonchev–Trinajstić information content (AvgIpc) is 3.18. The van der Waals surface area contributed by atoms with Gasteiger partial charge in [0.15, 0.2) is 11.8 Å². The predicted octanol–water partition coefficient (Wildman–Crippen LogP) is 0.507. The topological polar surface area (TPSA) is 139 Å². The van der Waals surface area contributed by atoms with E-state index in [1.54, 1.807) is 0 Å². The van der Waals surface area contributed by atoms with E-state index in [9.17, 15) is 36.0 Å². The molecule has 2 aliphatic rings. The van der Waals surface area contributed by atoms with Crippen LogP contribution >= 0.6 is 0 Å². The fourth-order valence-electron chi connectivity index (χ4n) is 3.75. The number of ether oxygens (including phenoxy) is 1. The molecule has 2 atom stereocenters. The van der Waals surface area contributed by atoms with E-state index in [1.165, 1.54) is 12.1 Å². The van der Waals surface area contributed by atoms with Gasteiger partial charge in [-0.2, -0.15) is 13.5 Å². The summed E-state index contributed by atoms with van der Waals surface area (Å²) in [6.45, 7) is -3.65. The number of likely N-dealkylation sites (tertiary alicyclic amines) is 1. The summed E-state index contributed by atoms with van der Waals surface area (Å²) in [4.78, 5) is 38.0. The maximum atomic E-state index is 13.5. The molecule has 0 bridgehead atoms. The predicted molar refractivity (Wildman–Crippen MR) is 109 cm³/mol. The van der Waals surface area contributed by atoms with E-state index in [0.717, 1.165) is 15.9 Å². The Labute approximate surface area is 187 Å². The molecule has 0 aromatic heterocycles. The van der Waals surface area contributed by atoms with Crippen molar-refractivity contribution in [2.24, 2.45) is 5.73 Å². The molecule has 3 N–H and O–H groups in total. The highest BCUT2D eigenvalue weighted by molar-refractivity contribution is 7.89. The Bertz CT molecular complexity index is 1040. The quantitative estimate of drug-likeness (QED) is 0.507. The summed E-state index contributed by atoms with van der Waals surface area (Å²) in [6, 6.07) is 1.29. The Morgan fingerprint density at radius 3 is 2.52 bits per heavy atom. The van der Waals surface area contributed by atoms with E-state index in [2.05, 4.69) is 4.74 Å². The molecule has 182 valence electrons. The van der Waals surface area contributed by atoms with Crippen molar-refractivity contribution >= 4 is 33.4 Å². The number of nitrogens with zero attached hydrogens (tertiary/aromatic N) is 2. The third kappa shape index (κ3) is 5.55. The van der Waals surface area contributed by atoms with Crippen LogP contribution in [-0.2, 0) is 24.4 Å². The van der Waals surface area contributed by atoms with Crippen LogP contribution in [0.1, 0.15) is 25.7 Å². The van der Waals surface area contributed by atoms with Crippen molar-refractivity contribution in [2.75, 3.05) is 24.5 Å². The van der Waals surface area contributed by atoms with Gasteiger partial charge in [-0.3, -0.25) is 14.4 Å². The maximum Gasteiger partial charge on any atom is 0.387 e. The lowest BCUT2D eigenvalue weighted by Crippen LogP contribution is -2.54. The zero-order valence-corrected chi connectivity index (χ0v) is 18.2. The van der Waals surface area contributed by atoms with E-state index in [0.29, 0.717) is 12.8 Å². The van der Waals surface area contributed by atoms with Crippen molar-refractivity contribution in [3.05, 3.63) is 18.2 Å². The minimum Gasteiger partial charge on any atom is -0.431 e. The molecule has 1 aromatic carbocycles. The Morgan fingerprint density at radius 1 is 1.21 bits per heavy atom. The van der Waals surface area contributed by atoms with Crippen LogP contribution in [-0.4, -0.2) is 69.5 Å². The number of nitrogens with two attached hydrogens (primary N) is 1. The monoisotopic (exact) mass is 492 g/mol. The molecule has 2 heterocycles. The average molecular weight is 492 g/mol. The molecule has 2 saturated heterocycles. The largest absolute Gasteiger partial charge is 0.431 e. The zero-order valence-electron chi connectivity index (χ0n) is 17.4. The van der Waals surface area contributed by atoms with Crippen LogP contribution in [0.2, 0.25) is 0 Å². The molecule has 33 heavy (non-hydrogen) atoms. The summed E-state index contributed by atoms with van der Waals surface area (Å²) in [5.41, 5.74) is 5.01. The third-order valence-corrected chi connectivity index (χ3v) is 6.76. The number of sulfonamides is 1. The van der Waals surface area contributed by atoms with Gasteiger partial charge in [0.05, 0.1) is 12.2 Å². The van der Waals surface area contributed by atoms with Crippen molar-refractivity contribution in [1.29, 1.82) is 0 Å². The number of piperidine rings is 1. The Balaban J connectivity index is 1.98. The molecule has 2 fully saturated rings. The van der Waals surface area contributed by atoms with Gasteiger partial charge in [-0.15, -0.1) is 0 Å². The molecule has 14 heteroatoms. The normalized spacial score (nSPS) is 20.2. The van der Waals surface area contributed by atoms with E-state index < -0.39 is 57.2 Å². The van der Waals surface area contributed by atoms with Crippen molar-refractivity contribution in [1.82, 2.24) is 9.62 Å². The molecule has 3 amide bonds. The summed E-state index contributed by atoms with van der Waals surface area (Å²) in [5.74, 6) is -3.63. The number of hydrogen-bond acceptors (Lipinski definition) is 6. The number of amides is 3. The Kier molecular flexibility index (Phi) is 7.47. The molecular formula is C19H23F3N4O6S.